The Hall–Kier alpha value is -2.65. The number of nitrogens with zero attached hydrogens (tertiary/aromatic N) is 4. The van der Waals surface area contributed by atoms with Gasteiger partial charge in [0.05, 0.1) is 11.3 Å². The van der Waals surface area contributed by atoms with Gasteiger partial charge < -0.3 is 10.3 Å². The number of amides is 1. The Kier molecular flexibility index (Phi) is 5.30. The first-order valence-electron chi connectivity index (χ1n) is 10.0. The lowest BCUT2D eigenvalue weighted by molar-refractivity contribution is -0.120. The minimum absolute atomic E-state index is 0.00764. The number of nitrogens with one attached hydrogen (secondary N) is 2. The van der Waals surface area contributed by atoms with E-state index in [2.05, 4.69) is 61.7 Å². The standard InChI is InChI=1S/C21H22N6OS2/c1-13(30-21-24-25-26-27(21)14-8-9-14)20(28)23-12-17(19-7-4-10-29-19)16-11-22-18-6-3-2-5-15(16)18/h2-7,10-11,13-14,17,22H,8-9,12H2,1H3,(H,23,28). The zero-order chi connectivity index (χ0) is 20.5. The molecule has 0 saturated heterocycles. The Balaban J connectivity index is 1.30. The van der Waals surface area contributed by atoms with Crippen LogP contribution in [0.3, 0.4) is 0 Å². The van der Waals surface area contributed by atoms with Crippen LogP contribution in [0.2, 0.25) is 0 Å². The molecule has 1 fully saturated rings. The molecule has 3 aromatic heterocycles. The Labute approximate surface area is 182 Å². The topological polar surface area (TPSA) is 88.5 Å². The quantitative estimate of drug-likeness (QED) is 0.406. The van der Waals surface area contributed by atoms with Gasteiger partial charge in [-0.1, -0.05) is 36.0 Å². The maximum Gasteiger partial charge on any atom is 0.233 e. The Morgan fingerprint density at radius 3 is 3.00 bits per heavy atom. The highest BCUT2D eigenvalue weighted by Crippen LogP contribution is 2.37. The molecule has 1 amide bonds. The van der Waals surface area contributed by atoms with Gasteiger partial charge in [-0.3, -0.25) is 4.79 Å². The smallest absolute Gasteiger partial charge is 0.233 e. The van der Waals surface area contributed by atoms with Crippen LogP contribution >= 0.6 is 23.1 Å². The number of H-pyrrole nitrogens is 1. The molecule has 154 valence electrons. The number of aromatic nitrogens is 5. The predicted molar refractivity (Wildman–Crippen MR) is 119 cm³/mol. The number of rotatable bonds is 8. The maximum absolute atomic E-state index is 12.9. The monoisotopic (exact) mass is 438 g/mol. The van der Waals surface area contributed by atoms with E-state index in [4.69, 9.17) is 0 Å². The second-order valence-electron chi connectivity index (χ2n) is 7.50. The van der Waals surface area contributed by atoms with Crippen LogP contribution in [0, 0.1) is 0 Å². The second kappa shape index (κ2) is 8.23. The van der Waals surface area contributed by atoms with E-state index in [-0.39, 0.29) is 17.1 Å². The summed E-state index contributed by atoms with van der Waals surface area (Å²) < 4.78 is 1.84. The summed E-state index contributed by atoms with van der Waals surface area (Å²) in [6, 6.07) is 12.9. The minimum Gasteiger partial charge on any atom is -0.361 e. The van der Waals surface area contributed by atoms with Gasteiger partial charge in [0.15, 0.2) is 0 Å². The molecular weight excluding hydrogens is 416 g/mol. The van der Waals surface area contributed by atoms with E-state index in [9.17, 15) is 4.79 Å². The molecule has 0 spiro atoms. The highest BCUT2D eigenvalue weighted by Gasteiger charge is 2.29. The number of hydrogen-bond acceptors (Lipinski definition) is 6. The van der Waals surface area contributed by atoms with Crippen LogP contribution in [-0.4, -0.2) is 42.9 Å². The van der Waals surface area contributed by atoms with Gasteiger partial charge in [0, 0.05) is 34.4 Å². The molecule has 0 aliphatic heterocycles. The van der Waals surface area contributed by atoms with Crippen molar-refractivity contribution in [2.24, 2.45) is 0 Å². The number of carbonyl (C=O) groups is 1. The summed E-state index contributed by atoms with van der Waals surface area (Å²) >= 11 is 3.13. The molecule has 1 aliphatic carbocycles. The first kappa shape index (κ1) is 19.3. The average Bonchev–Trinajstić information content (AvgIpc) is 3.14. The highest BCUT2D eigenvalue weighted by atomic mass is 32.2. The number of carbonyl (C=O) groups excluding carboxylic acids is 1. The van der Waals surface area contributed by atoms with Crippen LogP contribution in [-0.2, 0) is 4.79 Å². The van der Waals surface area contributed by atoms with Gasteiger partial charge in [-0.25, -0.2) is 4.68 Å². The fourth-order valence-corrected chi connectivity index (χ4v) is 5.33. The van der Waals surface area contributed by atoms with Crippen LogP contribution in [0.4, 0.5) is 0 Å². The van der Waals surface area contributed by atoms with Crippen LogP contribution in [0.1, 0.15) is 42.2 Å². The van der Waals surface area contributed by atoms with Gasteiger partial charge in [0.2, 0.25) is 11.1 Å². The van der Waals surface area contributed by atoms with Crippen molar-refractivity contribution in [1.82, 2.24) is 30.5 Å². The lowest BCUT2D eigenvalue weighted by atomic mass is 9.96. The van der Waals surface area contributed by atoms with Crippen molar-refractivity contribution in [3.63, 3.8) is 0 Å². The fraction of sp³-hybridized carbons (Fsp3) is 0.333. The average molecular weight is 439 g/mol. The van der Waals surface area contributed by atoms with E-state index in [0.717, 1.165) is 18.4 Å². The maximum atomic E-state index is 12.9. The molecule has 0 bridgehead atoms. The first-order chi connectivity index (χ1) is 14.7. The molecule has 9 heteroatoms. The van der Waals surface area contributed by atoms with Crippen molar-refractivity contribution >= 4 is 39.9 Å². The van der Waals surface area contributed by atoms with Crippen molar-refractivity contribution in [2.75, 3.05) is 6.54 Å². The number of para-hydroxylation sites is 1. The first-order valence-corrected chi connectivity index (χ1v) is 11.8. The summed E-state index contributed by atoms with van der Waals surface area (Å²) in [6.07, 6.45) is 4.27. The Bertz CT molecular complexity index is 1150. The molecule has 30 heavy (non-hydrogen) atoms. The largest absolute Gasteiger partial charge is 0.361 e. The summed E-state index contributed by atoms with van der Waals surface area (Å²) in [5.74, 6) is 0.0887. The van der Waals surface area contributed by atoms with Gasteiger partial charge >= 0.3 is 0 Å². The Morgan fingerprint density at radius 1 is 1.33 bits per heavy atom. The molecule has 5 rings (SSSR count). The van der Waals surface area contributed by atoms with E-state index >= 15 is 0 Å². The number of thioether (sulfide) groups is 1. The van der Waals surface area contributed by atoms with Crippen LogP contribution in [0.25, 0.3) is 10.9 Å². The molecule has 7 nitrogen and oxygen atoms in total. The number of fused-ring (bicyclic) bond motifs is 1. The van der Waals surface area contributed by atoms with Crippen LogP contribution in [0.5, 0.6) is 0 Å². The molecular formula is C21H22N6OS2. The normalized spacial score (nSPS) is 15.9. The van der Waals surface area contributed by atoms with Gasteiger partial charge in [-0.05, 0) is 53.3 Å². The fourth-order valence-electron chi connectivity index (χ4n) is 3.60. The van der Waals surface area contributed by atoms with Crippen LogP contribution < -0.4 is 5.32 Å². The molecule has 1 saturated carbocycles. The number of tetrazole rings is 1. The van der Waals surface area contributed by atoms with Gasteiger partial charge in [-0.15, -0.1) is 16.4 Å². The molecule has 4 aromatic rings. The van der Waals surface area contributed by atoms with Crippen molar-refractivity contribution in [2.45, 2.75) is 42.1 Å². The zero-order valence-electron chi connectivity index (χ0n) is 16.5. The summed E-state index contributed by atoms with van der Waals surface area (Å²) in [5, 5.41) is 18.8. The third kappa shape index (κ3) is 3.87. The number of aromatic amines is 1. The zero-order valence-corrected chi connectivity index (χ0v) is 18.1. The number of thiophene rings is 1. The molecule has 2 N–H and O–H groups in total. The highest BCUT2D eigenvalue weighted by molar-refractivity contribution is 8.00. The van der Waals surface area contributed by atoms with Gasteiger partial charge in [-0.2, -0.15) is 0 Å². The van der Waals surface area contributed by atoms with Gasteiger partial charge in [0.1, 0.15) is 0 Å². The summed E-state index contributed by atoms with van der Waals surface area (Å²) in [6.45, 7) is 2.44. The van der Waals surface area contributed by atoms with E-state index in [1.165, 1.54) is 27.6 Å². The molecule has 1 aromatic carbocycles. The van der Waals surface area contributed by atoms with Crippen molar-refractivity contribution in [1.29, 1.82) is 0 Å². The van der Waals surface area contributed by atoms with Crippen molar-refractivity contribution in [3.05, 3.63) is 58.4 Å². The van der Waals surface area contributed by atoms with E-state index in [1.54, 1.807) is 11.3 Å². The SMILES string of the molecule is CC(Sc1nnnn1C1CC1)C(=O)NCC(c1cccs1)c1c[nH]c2ccccc12. The lowest BCUT2D eigenvalue weighted by Crippen LogP contribution is -2.34. The summed E-state index contributed by atoms with van der Waals surface area (Å²) in [5.41, 5.74) is 2.31. The third-order valence-corrected chi connectivity index (χ3v) is 7.40. The Morgan fingerprint density at radius 2 is 2.20 bits per heavy atom. The van der Waals surface area contributed by atoms with Crippen molar-refractivity contribution in [3.8, 4) is 0 Å². The minimum atomic E-state index is -0.277. The molecule has 0 radical (unpaired) electrons. The predicted octanol–water partition coefficient (Wildman–Crippen LogP) is 3.98. The summed E-state index contributed by atoms with van der Waals surface area (Å²) in [4.78, 5) is 17.4. The number of benzene rings is 1. The molecule has 1 aliphatic rings. The molecule has 2 unspecified atom stereocenters. The molecule has 2 atom stereocenters. The van der Waals surface area contributed by atoms with E-state index < -0.39 is 0 Å². The van der Waals surface area contributed by atoms with E-state index in [0.29, 0.717) is 17.7 Å². The third-order valence-electron chi connectivity index (χ3n) is 5.37. The van der Waals surface area contributed by atoms with E-state index in [1.807, 2.05) is 23.7 Å². The molecule has 3 heterocycles. The summed E-state index contributed by atoms with van der Waals surface area (Å²) in [7, 11) is 0. The number of hydrogen-bond donors (Lipinski definition) is 2. The van der Waals surface area contributed by atoms with Gasteiger partial charge in [0.25, 0.3) is 0 Å². The van der Waals surface area contributed by atoms with Crippen molar-refractivity contribution < 1.29 is 4.79 Å². The van der Waals surface area contributed by atoms with Crippen LogP contribution in [0.15, 0.2) is 53.1 Å². The lowest BCUT2D eigenvalue weighted by Gasteiger charge is -2.18. The second-order valence-corrected chi connectivity index (χ2v) is 9.79.